The molecule has 1 atom stereocenters. The number of halogens is 3. The van der Waals surface area contributed by atoms with Crippen LogP contribution in [0.15, 0.2) is 30.3 Å². The lowest BCUT2D eigenvalue weighted by atomic mass is 9.72. The van der Waals surface area contributed by atoms with Crippen molar-refractivity contribution in [2.24, 2.45) is 0 Å². The summed E-state index contributed by atoms with van der Waals surface area (Å²) in [7, 11) is 1.99. The van der Waals surface area contributed by atoms with Gasteiger partial charge in [0.05, 0.1) is 7.11 Å². The van der Waals surface area contributed by atoms with Crippen LogP contribution in [0.3, 0.4) is 0 Å². The Bertz CT molecular complexity index is 664. The van der Waals surface area contributed by atoms with E-state index < -0.39 is 17.7 Å². The van der Waals surface area contributed by atoms with Crippen LogP contribution in [-0.4, -0.2) is 19.5 Å². The summed E-state index contributed by atoms with van der Waals surface area (Å²) in [5.74, 6) is -2.48. The van der Waals surface area contributed by atoms with Crippen molar-refractivity contribution >= 4 is 24.3 Å². The smallest absolute Gasteiger partial charge is 0.200 e. The van der Waals surface area contributed by atoms with Crippen molar-refractivity contribution in [3.8, 4) is 5.75 Å². The Hall–Kier alpha value is -1.59. The molecule has 0 amide bonds. The molecule has 2 aromatic rings. The normalized spacial score (nSPS) is 12.1. The molecule has 0 aliphatic rings. The van der Waals surface area contributed by atoms with E-state index in [1.54, 1.807) is 12.1 Å². The first kappa shape index (κ1) is 15.8. The van der Waals surface area contributed by atoms with Gasteiger partial charge in [-0.3, -0.25) is 0 Å². The second kappa shape index (κ2) is 6.45. The fraction of sp³-hybridized carbons (Fsp3) is 0.200. The number of rotatable bonds is 4. The van der Waals surface area contributed by atoms with Gasteiger partial charge in [-0.25, -0.2) is 4.39 Å². The number of aliphatic hydroxyl groups excluding tert-OH is 1. The molecule has 0 fully saturated rings. The average Bonchev–Trinajstić information content (AvgIpc) is 2.50. The topological polar surface area (TPSA) is 29.5 Å². The molecule has 2 nitrogen and oxygen atoms in total. The van der Waals surface area contributed by atoms with E-state index in [4.69, 9.17) is 16.3 Å². The van der Waals surface area contributed by atoms with Gasteiger partial charge in [0.2, 0.25) is 5.82 Å². The van der Waals surface area contributed by atoms with Crippen molar-refractivity contribution in [1.82, 2.24) is 0 Å². The lowest BCUT2D eigenvalue weighted by Gasteiger charge is -2.16. The van der Waals surface area contributed by atoms with Crippen LogP contribution in [0.1, 0.15) is 17.2 Å². The molecule has 0 aromatic heterocycles. The first-order valence-corrected chi connectivity index (χ1v) is 6.85. The SMILES string of the molecule is CBc1ccc(Cl)c(C(O)c2ccc(OC)c(F)c2F)c1. The van der Waals surface area contributed by atoms with E-state index >= 15 is 0 Å². The Morgan fingerprint density at radius 1 is 1.14 bits per heavy atom. The standard InChI is InChI=1S/C15H14BClF2O2/c1-16-8-3-5-11(17)10(7-8)15(20)9-4-6-12(21-2)14(19)13(9)18/h3-7,15-16,20H,1-2H3. The molecule has 1 unspecified atom stereocenters. The lowest BCUT2D eigenvalue weighted by molar-refractivity contribution is 0.213. The third-order valence-corrected chi connectivity index (χ3v) is 3.70. The molecular weight excluding hydrogens is 296 g/mol. The molecule has 21 heavy (non-hydrogen) atoms. The summed E-state index contributed by atoms with van der Waals surface area (Å²) in [5, 5.41) is 10.6. The van der Waals surface area contributed by atoms with Crippen molar-refractivity contribution in [2.75, 3.05) is 7.11 Å². The molecule has 0 bridgehead atoms. The van der Waals surface area contributed by atoms with Crippen LogP contribution < -0.4 is 10.2 Å². The zero-order chi connectivity index (χ0) is 15.6. The molecule has 0 radical (unpaired) electrons. The van der Waals surface area contributed by atoms with Gasteiger partial charge in [-0.05, 0) is 18.2 Å². The molecule has 2 rings (SSSR count). The summed E-state index contributed by atoms with van der Waals surface area (Å²) in [5.41, 5.74) is 1.12. The molecule has 0 heterocycles. The predicted molar refractivity (Wildman–Crippen MR) is 81.1 cm³/mol. The summed E-state index contributed by atoms with van der Waals surface area (Å²) in [6, 6.07) is 7.71. The molecule has 0 saturated heterocycles. The zero-order valence-corrected chi connectivity index (χ0v) is 12.4. The van der Waals surface area contributed by atoms with E-state index in [1.807, 2.05) is 12.9 Å². The molecule has 0 spiro atoms. The Morgan fingerprint density at radius 3 is 2.48 bits per heavy atom. The summed E-state index contributed by atoms with van der Waals surface area (Å²) < 4.78 is 32.5. The highest BCUT2D eigenvalue weighted by atomic mass is 35.5. The zero-order valence-electron chi connectivity index (χ0n) is 11.7. The highest BCUT2D eigenvalue weighted by molar-refractivity contribution is 6.52. The van der Waals surface area contributed by atoms with Gasteiger partial charge in [0.15, 0.2) is 18.8 Å². The Morgan fingerprint density at radius 2 is 1.86 bits per heavy atom. The summed E-state index contributed by atoms with van der Waals surface area (Å²) in [6.07, 6.45) is -1.34. The fourth-order valence-corrected chi connectivity index (χ4v) is 2.33. The van der Waals surface area contributed by atoms with Crippen LogP contribution in [0.2, 0.25) is 11.8 Å². The lowest BCUT2D eigenvalue weighted by Crippen LogP contribution is -2.14. The van der Waals surface area contributed by atoms with Gasteiger partial charge >= 0.3 is 0 Å². The molecule has 6 heteroatoms. The van der Waals surface area contributed by atoms with Crippen LogP contribution in [0, 0.1) is 11.6 Å². The number of hydrogen-bond donors (Lipinski definition) is 1. The van der Waals surface area contributed by atoms with Gasteiger partial charge < -0.3 is 9.84 Å². The van der Waals surface area contributed by atoms with Gasteiger partial charge in [0, 0.05) is 16.1 Å². The van der Waals surface area contributed by atoms with E-state index in [-0.39, 0.29) is 11.3 Å². The van der Waals surface area contributed by atoms with Crippen LogP contribution in [0.5, 0.6) is 5.75 Å². The minimum absolute atomic E-state index is 0.177. The predicted octanol–water partition coefficient (Wildman–Crippen LogP) is 2.82. The Labute approximate surface area is 127 Å². The van der Waals surface area contributed by atoms with Gasteiger partial charge in [0.1, 0.15) is 6.10 Å². The molecule has 0 saturated carbocycles. The number of hydrogen-bond acceptors (Lipinski definition) is 2. The number of ether oxygens (including phenoxy) is 1. The first-order chi connectivity index (χ1) is 9.99. The van der Waals surface area contributed by atoms with E-state index in [0.29, 0.717) is 10.6 Å². The number of methoxy groups -OCH3 is 1. The maximum atomic E-state index is 14.0. The highest BCUT2D eigenvalue weighted by Crippen LogP contribution is 2.32. The minimum atomic E-state index is -1.34. The summed E-state index contributed by atoms with van der Waals surface area (Å²) >= 11 is 6.05. The molecule has 1 N–H and O–H groups in total. The second-order valence-corrected chi connectivity index (χ2v) is 5.00. The quantitative estimate of drug-likeness (QED) is 0.880. The maximum absolute atomic E-state index is 14.0. The van der Waals surface area contributed by atoms with Gasteiger partial charge in [-0.2, -0.15) is 4.39 Å². The maximum Gasteiger partial charge on any atom is 0.200 e. The average molecular weight is 311 g/mol. The van der Waals surface area contributed by atoms with Gasteiger partial charge in [-0.1, -0.05) is 36.0 Å². The molecule has 0 aliphatic carbocycles. The summed E-state index contributed by atoms with van der Waals surface area (Å²) in [6.45, 7) is 1.95. The van der Waals surface area contributed by atoms with Crippen molar-refractivity contribution < 1.29 is 18.6 Å². The van der Waals surface area contributed by atoms with Crippen molar-refractivity contribution in [1.29, 1.82) is 0 Å². The van der Waals surface area contributed by atoms with E-state index in [0.717, 1.165) is 12.7 Å². The first-order valence-electron chi connectivity index (χ1n) is 6.47. The second-order valence-electron chi connectivity index (χ2n) is 4.60. The molecule has 2 aromatic carbocycles. The Kier molecular flexibility index (Phi) is 4.86. The van der Waals surface area contributed by atoms with Crippen molar-refractivity contribution in [2.45, 2.75) is 12.9 Å². The van der Waals surface area contributed by atoms with Crippen LogP contribution in [-0.2, 0) is 0 Å². The van der Waals surface area contributed by atoms with Gasteiger partial charge in [-0.15, -0.1) is 0 Å². The molecule has 110 valence electrons. The van der Waals surface area contributed by atoms with Gasteiger partial charge in [0.25, 0.3) is 0 Å². The van der Waals surface area contributed by atoms with Crippen molar-refractivity contribution in [3.63, 3.8) is 0 Å². The van der Waals surface area contributed by atoms with Crippen LogP contribution in [0.25, 0.3) is 0 Å². The van der Waals surface area contributed by atoms with Crippen molar-refractivity contribution in [3.05, 3.63) is 58.1 Å². The fourth-order valence-electron chi connectivity index (χ4n) is 2.11. The number of benzene rings is 2. The van der Waals surface area contributed by atoms with Crippen LogP contribution in [0.4, 0.5) is 8.78 Å². The highest BCUT2D eigenvalue weighted by Gasteiger charge is 2.22. The number of aliphatic hydroxyl groups is 1. The van der Waals surface area contributed by atoms with E-state index in [1.165, 1.54) is 19.2 Å². The minimum Gasteiger partial charge on any atom is -0.494 e. The third kappa shape index (κ3) is 3.04. The van der Waals surface area contributed by atoms with Crippen LogP contribution >= 0.6 is 11.6 Å². The monoisotopic (exact) mass is 310 g/mol. The van der Waals surface area contributed by atoms with E-state index in [2.05, 4.69) is 0 Å². The largest absolute Gasteiger partial charge is 0.494 e. The Balaban J connectivity index is 2.50. The molecule has 0 aliphatic heterocycles. The summed E-state index contributed by atoms with van der Waals surface area (Å²) in [4.78, 5) is 0. The molecular formula is C15H14BClF2O2. The third-order valence-electron chi connectivity index (χ3n) is 3.35. The van der Waals surface area contributed by atoms with E-state index in [9.17, 15) is 13.9 Å².